The lowest BCUT2D eigenvalue weighted by molar-refractivity contribution is 0.130. The van der Waals surface area contributed by atoms with Crippen molar-refractivity contribution in [3.63, 3.8) is 0 Å². The summed E-state index contributed by atoms with van der Waals surface area (Å²) in [6, 6.07) is 4.31. The van der Waals surface area contributed by atoms with Gasteiger partial charge >= 0.3 is 0 Å². The molecule has 0 heterocycles. The molecule has 88 valence electrons. The fourth-order valence-electron chi connectivity index (χ4n) is 2.29. The van der Waals surface area contributed by atoms with Crippen molar-refractivity contribution in [2.24, 2.45) is 5.92 Å². The Kier molecular flexibility index (Phi) is 3.32. The Bertz CT molecular complexity index is 367. The summed E-state index contributed by atoms with van der Waals surface area (Å²) in [5.74, 6) is 1.00. The minimum absolute atomic E-state index is 0.233. The summed E-state index contributed by atoms with van der Waals surface area (Å²) < 4.78 is 18.7. The summed E-state index contributed by atoms with van der Waals surface area (Å²) in [5.41, 5.74) is 6.10. The van der Waals surface area contributed by atoms with Gasteiger partial charge in [0, 0.05) is 6.07 Å². The molecule has 1 fully saturated rings. The van der Waals surface area contributed by atoms with Crippen LogP contribution in [0.4, 0.5) is 10.1 Å². The molecule has 0 aromatic heterocycles. The van der Waals surface area contributed by atoms with E-state index in [1.165, 1.54) is 25.0 Å². The van der Waals surface area contributed by atoms with E-state index in [4.69, 9.17) is 10.5 Å². The Morgan fingerprint density at radius 1 is 1.38 bits per heavy atom. The van der Waals surface area contributed by atoms with Gasteiger partial charge in [-0.1, -0.05) is 13.3 Å². The summed E-state index contributed by atoms with van der Waals surface area (Å²) in [6.45, 7) is 2.24. The molecule has 0 saturated heterocycles. The number of anilines is 1. The number of nitrogen functional groups attached to an aromatic ring is 1. The molecular weight excluding hydrogens is 205 g/mol. The van der Waals surface area contributed by atoms with Gasteiger partial charge in [0.05, 0.1) is 11.8 Å². The van der Waals surface area contributed by atoms with E-state index in [-0.39, 0.29) is 11.9 Å². The maximum atomic E-state index is 12.9. The van der Waals surface area contributed by atoms with E-state index < -0.39 is 0 Å². The van der Waals surface area contributed by atoms with E-state index in [2.05, 4.69) is 6.92 Å². The van der Waals surface area contributed by atoms with Crippen molar-refractivity contribution in [1.29, 1.82) is 0 Å². The van der Waals surface area contributed by atoms with Gasteiger partial charge in [0.1, 0.15) is 11.6 Å². The summed E-state index contributed by atoms with van der Waals surface area (Å²) in [6.07, 6.45) is 4.85. The van der Waals surface area contributed by atoms with Gasteiger partial charge < -0.3 is 10.5 Å². The van der Waals surface area contributed by atoms with Gasteiger partial charge in [-0.15, -0.1) is 0 Å². The summed E-state index contributed by atoms with van der Waals surface area (Å²) in [5, 5.41) is 0. The molecular formula is C13H18FNO. The van der Waals surface area contributed by atoms with Crippen LogP contribution in [0.25, 0.3) is 0 Å². The highest BCUT2D eigenvalue weighted by molar-refractivity contribution is 5.52. The highest BCUT2D eigenvalue weighted by Gasteiger charge is 2.20. The Balaban J connectivity index is 2.02. The number of ether oxygens (including phenoxy) is 1. The first kappa shape index (κ1) is 11.2. The molecule has 1 saturated carbocycles. The lowest BCUT2D eigenvalue weighted by atomic mass is 9.89. The van der Waals surface area contributed by atoms with Crippen molar-refractivity contribution in [3.8, 4) is 5.75 Å². The highest BCUT2D eigenvalue weighted by atomic mass is 19.1. The van der Waals surface area contributed by atoms with Gasteiger partial charge in [0.2, 0.25) is 0 Å². The molecule has 2 rings (SSSR count). The van der Waals surface area contributed by atoms with Crippen LogP contribution >= 0.6 is 0 Å². The molecule has 2 N–H and O–H groups in total. The Hall–Kier alpha value is -1.25. The molecule has 0 amide bonds. The van der Waals surface area contributed by atoms with Crippen LogP contribution in [-0.2, 0) is 0 Å². The Morgan fingerprint density at radius 3 is 2.88 bits per heavy atom. The van der Waals surface area contributed by atoms with Crippen LogP contribution < -0.4 is 10.5 Å². The molecule has 0 radical (unpaired) electrons. The van der Waals surface area contributed by atoms with E-state index >= 15 is 0 Å². The Labute approximate surface area is 95.6 Å². The van der Waals surface area contributed by atoms with E-state index in [9.17, 15) is 4.39 Å². The summed E-state index contributed by atoms with van der Waals surface area (Å²) >= 11 is 0. The quantitative estimate of drug-likeness (QED) is 0.780. The third-order valence-electron chi connectivity index (χ3n) is 3.15. The summed E-state index contributed by atoms with van der Waals surface area (Å²) in [7, 11) is 0. The predicted molar refractivity (Wildman–Crippen MR) is 62.9 cm³/mol. The van der Waals surface area contributed by atoms with Crippen LogP contribution in [-0.4, -0.2) is 6.10 Å². The lowest BCUT2D eigenvalue weighted by Crippen LogP contribution is -2.24. The number of rotatable bonds is 2. The SMILES string of the molecule is CC1CCCC(Oc2ccc(F)cc2N)C1. The maximum absolute atomic E-state index is 12.9. The van der Waals surface area contributed by atoms with E-state index in [0.717, 1.165) is 12.8 Å². The van der Waals surface area contributed by atoms with Crippen LogP contribution in [0.3, 0.4) is 0 Å². The minimum Gasteiger partial charge on any atom is -0.488 e. The molecule has 1 aliphatic rings. The number of hydrogen-bond acceptors (Lipinski definition) is 2. The standard InChI is InChI=1S/C13H18FNO/c1-9-3-2-4-11(7-9)16-13-6-5-10(14)8-12(13)15/h5-6,8-9,11H,2-4,7,15H2,1H3. The van der Waals surface area contributed by atoms with Crippen LogP contribution in [0.2, 0.25) is 0 Å². The molecule has 1 aromatic carbocycles. The van der Waals surface area contributed by atoms with E-state index in [1.54, 1.807) is 6.07 Å². The van der Waals surface area contributed by atoms with Gasteiger partial charge in [0.15, 0.2) is 0 Å². The maximum Gasteiger partial charge on any atom is 0.142 e. The number of halogens is 1. The van der Waals surface area contributed by atoms with Crippen molar-refractivity contribution in [3.05, 3.63) is 24.0 Å². The van der Waals surface area contributed by atoms with Crippen molar-refractivity contribution < 1.29 is 9.13 Å². The minimum atomic E-state index is -0.318. The molecule has 0 aliphatic heterocycles. The smallest absolute Gasteiger partial charge is 0.142 e. The van der Waals surface area contributed by atoms with Crippen molar-refractivity contribution >= 4 is 5.69 Å². The second kappa shape index (κ2) is 4.73. The van der Waals surface area contributed by atoms with Crippen LogP contribution in [0.15, 0.2) is 18.2 Å². The zero-order valence-corrected chi connectivity index (χ0v) is 9.58. The van der Waals surface area contributed by atoms with E-state index in [1.807, 2.05) is 0 Å². The van der Waals surface area contributed by atoms with Gasteiger partial charge in [-0.05, 0) is 37.3 Å². The predicted octanol–water partition coefficient (Wildman–Crippen LogP) is 3.37. The first-order valence-electron chi connectivity index (χ1n) is 5.87. The molecule has 16 heavy (non-hydrogen) atoms. The zero-order valence-electron chi connectivity index (χ0n) is 9.58. The summed E-state index contributed by atoms with van der Waals surface area (Å²) in [4.78, 5) is 0. The molecule has 1 aromatic rings. The highest BCUT2D eigenvalue weighted by Crippen LogP contribution is 2.30. The lowest BCUT2D eigenvalue weighted by Gasteiger charge is -2.27. The average molecular weight is 223 g/mol. The zero-order chi connectivity index (χ0) is 11.5. The van der Waals surface area contributed by atoms with Crippen molar-refractivity contribution in [1.82, 2.24) is 0 Å². The molecule has 0 spiro atoms. The number of nitrogens with two attached hydrogens (primary N) is 1. The number of hydrogen-bond donors (Lipinski definition) is 1. The molecule has 3 heteroatoms. The Morgan fingerprint density at radius 2 is 2.19 bits per heavy atom. The fourth-order valence-corrected chi connectivity index (χ4v) is 2.29. The van der Waals surface area contributed by atoms with Gasteiger partial charge in [-0.2, -0.15) is 0 Å². The second-order valence-electron chi connectivity index (χ2n) is 4.69. The largest absolute Gasteiger partial charge is 0.488 e. The topological polar surface area (TPSA) is 35.2 Å². The van der Waals surface area contributed by atoms with Crippen LogP contribution in [0.1, 0.15) is 32.6 Å². The molecule has 1 aliphatic carbocycles. The first-order valence-corrected chi connectivity index (χ1v) is 5.87. The normalized spacial score (nSPS) is 25.4. The second-order valence-corrected chi connectivity index (χ2v) is 4.69. The molecule has 2 atom stereocenters. The monoisotopic (exact) mass is 223 g/mol. The van der Waals surface area contributed by atoms with Gasteiger partial charge in [-0.25, -0.2) is 4.39 Å². The third-order valence-corrected chi connectivity index (χ3v) is 3.15. The van der Waals surface area contributed by atoms with Crippen LogP contribution in [0, 0.1) is 11.7 Å². The first-order chi connectivity index (χ1) is 7.65. The number of benzene rings is 1. The van der Waals surface area contributed by atoms with Crippen LogP contribution in [0.5, 0.6) is 5.75 Å². The van der Waals surface area contributed by atoms with Crippen molar-refractivity contribution in [2.45, 2.75) is 38.7 Å². The average Bonchev–Trinajstić information content (AvgIpc) is 2.22. The molecule has 2 nitrogen and oxygen atoms in total. The molecule has 0 bridgehead atoms. The van der Waals surface area contributed by atoms with Crippen molar-refractivity contribution in [2.75, 3.05) is 5.73 Å². The third kappa shape index (κ3) is 2.65. The van der Waals surface area contributed by atoms with E-state index in [0.29, 0.717) is 17.4 Å². The van der Waals surface area contributed by atoms with Gasteiger partial charge in [-0.3, -0.25) is 0 Å². The van der Waals surface area contributed by atoms with Gasteiger partial charge in [0.25, 0.3) is 0 Å². The molecule has 2 unspecified atom stereocenters. The fraction of sp³-hybridized carbons (Fsp3) is 0.538.